The zero-order valence-electron chi connectivity index (χ0n) is 20.8. The number of aromatic nitrogens is 1. The van der Waals surface area contributed by atoms with Crippen molar-refractivity contribution >= 4 is 29.3 Å². The number of thioether (sulfide) groups is 1. The Balaban J connectivity index is 1.71. The number of nitriles is 1. The number of pyridine rings is 1. The first-order valence-corrected chi connectivity index (χ1v) is 12.8. The largest absolute Gasteiger partial charge is 0.497 e. The third kappa shape index (κ3) is 6.02. The Hall–Kier alpha value is -4.61. The fourth-order valence-electron chi connectivity index (χ4n) is 3.85. The van der Waals surface area contributed by atoms with Crippen molar-refractivity contribution in [3.63, 3.8) is 0 Å². The molecule has 0 saturated heterocycles. The molecule has 0 saturated carbocycles. The van der Waals surface area contributed by atoms with Gasteiger partial charge in [0.25, 0.3) is 0 Å². The summed E-state index contributed by atoms with van der Waals surface area (Å²) in [5, 5.41) is 22.0. The maximum atomic E-state index is 13.2. The number of hydrogen-bond donors (Lipinski definition) is 2. The fraction of sp³-hybridized carbons (Fsp3) is 0.133. The van der Waals surface area contributed by atoms with Crippen LogP contribution in [-0.4, -0.2) is 34.3 Å². The number of carboxylic acids is 1. The minimum atomic E-state index is -1.04. The first kappa shape index (κ1) is 26.5. The van der Waals surface area contributed by atoms with Crippen molar-refractivity contribution in [3.8, 4) is 34.2 Å². The van der Waals surface area contributed by atoms with E-state index in [1.807, 2.05) is 67.6 Å². The van der Waals surface area contributed by atoms with Crippen LogP contribution in [0.15, 0.2) is 90.0 Å². The summed E-state index contributed by atoms with van der Waals surface area (Å²) in [6.07, 6.45) is 0.490. The van der Waals surface area contributed by atoms with E-state index >= 15 is 0 Å². The topological polar surface area (TPSA) is 112 Å². The molecule has 4 aromatic rings. The minimum absolute atomic E-state index is 0.135. The molecule has 1 atom stereocenters. The molecule has 3 aromatic carbocycles. The summed E-state index contributed by atoms with van der Waals surface area (Å²) in [5.41, 5.74) is 4.14. The van der Waals surface area contributed by atoms with Crippen LogP contribution in [0.1, 0.15) is 29.3 Å². The number of benzene rings is 3. The highest BCUT2D eigenvalue weighted by molar-refractivity contribution is 8.00. The van der Waals surface area contributed by atoms with Crippen LogP contribution in [-0.2, 0) is 4.79 Å². The molecule has 0 fully saturated rings. The second-order valence-electron chi connectivity index (χ2n) is 8.33. The van der Waals surface area contributed by atoms with Gasteiger partial charge < -0.3 is 15.2 Å². The molecule has 1 heterocycles. The summed E-state index contributed by atoms with van der Waals surface area (Å²) >= 11 is 1.24. The van der Waals surface area contributed by atoms with E-state index in [1.54, 1.807) is 19.2 Å². The Morgan fingerprint density at radius 2 is 1.71 bits per heavy atom. The van der Waals surface area contributed by atoms with Crippen LogP contribution in [0.3, 0.4) is 0 Å². The number of carbonyl (C=O) groups excluding carboxylic acids is 1. The van der Waals surface area contributed by atoms with Crippen molar-refractivity contribution in [2.75, 3.05) is 12.4 Å². The van der Waals surface area contributed by atoms with Crippen LogP contribution in [0.25, 0.3) is 22.4 Å². The van der Waals surface area contributed by atoms with Crippen LogP contribution in [0, 0.1) is 11.3 Å². The fourth-order valence-corrected chi connectivity index (χ4v) is 4.87. The predicted octanol–water partition coefficient (Wildman–Crippen LogP) is 6.50. The average molecular weight is 524 g/mol. The Morgan fingerprint density at radius 3 is 2.29 bits per heavy atom. The lowest BCUT2D eigenvalue weighted by molar-refractivity contribution is -0.115. The lowest BCUT2D eigenvalue weighted by atomic mass is 9.99. The lowest BCUT2D eigenvalue weighted by Gasteiger charge is -2.17. The molecule has 190 valence electrons. The van der Waals surface area contributed by atoms with Gasteiger partial charge >= 0.3 is 5.97 Å². The van der Waals surface area contributed by atoms with E-state index in [2.05, 4.69) is 11.4 Å². The smallest absolute Gasteiger partial charge is 0.335 e. The lowest BCUT2D eigenvalue weighted by Crippen LogP contribution is -2.25. The SMILES string of the molecule is CCC(Sc1nc(-c2ccccc2)cc(-c2ccc(OC)cc2)c1C#N)C(=O)Nc1ccc(C(=O)O)cc1. The number of nitrogens with zero attached hydrogens (tertiary/aromatic N) is 2. The van der Waals surface area contributed by atoms with E-state index < -0.39 is 11.2 Å². The Morgan fingerprint density at radius 1 is 1.03 bits per heavy atom. The molecule has 0 aliphatic rings. The number of ether oxygens (including phenoxy) is 1. The number of aromatic carboxylic acids is 1. The van der Waals surface area contributed by atoms with Gasteiger partial charge in [0.2, 0.25) is 5.91 Å². The zero-order chi connectivity index (χ0) is 27.1. The molecule has 0 spiro atoms. The van der Waals surface area contributed by atoms with Gasteiger partial charge in [-0.15, -0.1) is 0 Å². The number of amides is 1. The van der Waals surface area contributed by atoms with Crippen LogP contribution in [0.4, 0.5) is 5.69 Å². The third-order valence-corrected chi connectivity index (χ3v) is 7.24. The molecule has 0 aliphatic carbocycles. The van der Waals surface area contributed by atoms with Gasteiger partial charge in [-0.05, 0) is 54.4 Å². The van der Waals surface area contributed by atoms with Crippen molar-refractivity contribution in [2.24, 2.45) is 0 Å². The number of carbonyl (C=O) groups is 2. The van der Waals surface area contributed by atoms with Gasteiger partial charge in [-0.25, -0.2) is 9.78 Å². The standard InChI is InChI=1S/C30H25N3O4S/c1-3-27(28(34)32-22-13-9-21(10-14-22)30(35)36)38-29-25(18-31)24(19-11-15-23(37-2)16-12-19)17-26(33-29)20-7-5-4-6-8-20/h4-17,27H,3H2,1-2H3,(H,32,34)(H,35,36). The van der Waals surface area contributed by atoms with Crippen molar-refractivity contribution in [2.45, 2.75) is 23.6 Å². The Bertz CT molecular complexity index is 1480. The number of methoxy groups -OCH3 is 1. The first-order valence-electron chi connectivity index (χ1n) is 11.9. The van der Waals surface area contributed by atoms with Crippen LogP contribution >= 0.6 is 11.8 Å². The van der Waals surface area contributed by atoms with E-state index in [0.717, 1.165) is 11.1 Å². The van der Waals surface area contributed by atoms with Gasteiger partial charge in [-0.1, -0.05) is 61.2 Å². The Kier molecular flexibility index (Phi) is 8.41. The molecule has 1 unspecified atom stereocenters. The summed E-state index contributed by atoms with van der Waals surface area (Å²) in [7, 11) is 1.60. The van der Waals surface area contributed by atoms with Crippen molar-refractivity contribution in [1.29, 1.82) is 5.26 Å². The highest BCUT2D eigenvalue weighted by Gasteiger charge is 2.23. The van der Waals surface area contributed by atoms with Gasteiger partial charge in [-0.2, -0.15) is 5.26 Å². The second kappa shape index (κ2) is 12.1. The molecule has 7 nitrogen and oxygen atoms in total. The maximum Gasteiger partial charge on any atom is 0.335 e. The monoisotopic (exact) mass is 523 g/mol. The molecule has 0 aliphatic heterocycles. The third-order valence-electron chi connectivity index (χ3n) is 5.89. The summed E-state index contributed by atoms with van der Waals surface area (Å²) in [6.45, 7) is 1.89. The predicted molar refractivity (Wildman–Crippen MR) is 148 cm³/mol. The molecule has 38 heavy (non-hydrogen) atoms. The van der Waals surface area contributed by atoms with Gasteiger partial charge in [-0.3, -0.25) is 4.79 Å². The molecular formula is C30H25N3O4S. The van der Waals surface area contributed by atoms with E-state index in [9.17, 15) is 14.9 Å². The number of carboxylic acid groups (broad SMARTS) is 1. The molecule has 0 bridgehead atoms. The normalized spacial score (nSPS) is 11.3. The number of hydrogen-bond acceptors (Lipinski definition) is 6. The van der Waals surface area contributed by atoms with E-state index in [-0.39, 0.29) is 11.5 Å². The first-order chi connectivity index (χ1) is 18.4. The van der Waals surface area contributed by atoms with Crippen LogP contribution < -0.4 is 10.1 Å². The van der Waals surface area contributed by atoms with Crippen LogP contribution in [0.2, 0.25) is 0 Å². The molecule has 8 heteroatoms. The van der Waals surface area contributed by atoms with Gasteiger partial charge in [0.15, 0.2) is 0 Å². The van der Waals surface area contributed by atoms with Gasteiger partial charge in [0, 0.05) is 16.8 Å². The van der Waals surface area contributed by atoms with E-state index in [4.69, 9.17) is 14.8 Å². The van der Waals surface area contributed by atoms with Crippen LogP contribution in [0.5, 0.6) is 5.75 Å². The molecule has 0 radical (unpaired) electrons. The van der Waals surface area contributed by atoms with E-state index in [0.29, 0.717) is 39.7 Å². The minimum Gasteiger partial charge on any atom is -0.497 e. The number of anilines is 1. The summed E-state index contributed by atoms with van der Waals surface area (Å²) in [4.78, 5) is 29.1. The number of nitrogens with one attached hydrogen (secondary N) is 1. The van der Waals surface area contributed by atoms with Crippen molar-refractivity contribution in [1.82, 2.24) is 4.98 Å². The zero-order valence-corrected chi connectivity index (χ0v) is 21.7. The summed E-state index contributed by atoms with van der Waals surface area (Å²) < 4.78 is 5.28. The van der Waals surface area contributed by atoms with Gasteiger partial charge in [0.1, 0.15) is 16.8 Å². The summed E-state index contributed by atoms with van der Waals surface area (Å²) in [6, 6.07) is 27.3. The number of rotatable bonds is 9. The van der Waals surface area contributed by atoms with Crippen molar-refractivity contribution in [3.05, 3.63) is 96.1 Å². The molecule has 2 N–H and O–H groups in total. The average Bonchev–Trinajstić information content (AvgIpc) is 2.96. The quantitative estimate of drug-likeness (QED) is 0.241. The second-order valence-corrected chi connectivity index (χ2v) is 9.52. The maximum absolute atomic E-state index is 13.2. The molecule has 4 rings (SSSR count). The highest BCUT2D eigenvalue weighted by Crippen LogP contribution is 2.37. The molecule has 1 amide bonds. The molecular weight excluding hydrogens is 498 g/mol. The van der Waals surface area contributed by atoms with E-state index in [1.165, 1.54) is 23.9 Å². The van der Waals surface area contributed by atoms with Crippen molar-refractivity contribution < 1.29 is 19.4 Å². The Labute approximate surface area is 225 Å². The summed E-state index contributed by atoms with van der Waals surface area (Å²) in [5.74, 6) is -0.591. The van der Waals surface area contributed by atoms with Gasteiger partial charge in [0.05, 0.1) is 29.2 Å². The highest BCUT2D eigenvalue weighted by atomic mass is 32.2. The molecule has 1 aromatic heterocycles.